The van der Waals surface area contributed by atoms with E-state index in [4.69, 9.17) is 5.11 Å². The van der Waals surface area contributed by atoms with Crippen LogP contribution in [-0.2, 0) is 11.2 Å². The number of halogens is 1. The minimum atomic E-state index is -1.28. The van der Waals surface area contributed by atoms with Crippen LogP contribution in [0.4, 0.5) is 10.1 Å². The molecule has 0 unspecified atom stereocenters. The maximum Gasteiger partial charge on any atom is 0.337 e. The number of benzene rings is 2. The molecule has 2 aromatic rings. The molecule has 0 saturated carbocycles. The minimum Gasteiger partial charge on any atom is -0.478 e. The van der Waals surface area contributed by atoms with Crippen LogP contribution in [0.25, 0.3) is 0 Å². The van der Waals surface area contributed by atoms with Crippen LogP contribution in [0.5, 0.6) is 0 Å². The summed E-state index contributed by atoms with van der Waals surface area (Å²) >= 11 is 0. The summed E-state index contributed by atoms with van der Waals surface area (Å²) in [6.45, 7) is 0. The number of carbonyl (C=O) groups excluding carboxylic acids is 1. The molecule has 108 valence electrons. The molecule has 0 saturated heterocycles. The molecule has 2 N–H and O–H groups in total. The average Bonchev–Trinajstić information content (AvgIpc) is 2.48. The highest BCUT2D eigenvalue weighted by molar-refractivity contribution is 6.00. The highest BCUT2D eigenvalue weighted by Crippen LogP contribution is 2.20. The third-order valence-corrected chi connectivity index (χ3v) is 2.99. The van der Waals surface area contributed by atoms with Crippen molar-refractivity contribution >= 4 is 17.6 Å². The van der Waals surface area contributed by atoms with E-state index in [9.17, 15) is 14.0 Å². The van der Waals surface area contributed by atoms with Gasteiger partial charge in [0.2, 0.25) is 5.91 Å². The Morgan fingerprint density at radius 2 is 1.76 bits per heavy atom. The quantitative estimate of drug-likeness (QED) is 0.888. The van der Waals surface area contributed by atoms with Crippen LogP contribution >= 0.6 is 0 Å². The van der Waals surface area contributed by atoms with Gasteiger partial charge in [0.05, 0.1) is 11.3 Å². The maximum absolute atomic E-state index is 13.7. The van der Waals surface area contributed by atoms with Crippen molar-refractivity contribution in [2.24, 2.45) is 0 Å². The zero-order chi connectivity index (χ0) is 15.2. The number of carbonyl (C=O) groups is 2. The second-order valence-corrected chi connectivity index (χ2v) is 4.50. The molecule has 0 heterocycles. The van der Waals surface area contributed by atoms with Gasteiger partial charge in [-0.3, -0.25) is 4.79 Å². The van der Waals surface area contributed by atoms with Crippen LogP contribution in [0.3, 0.4) is 0 Å². The van der Waals surface area contributed by atoms with Crippen LogP contribution in [-0.4, -0.2) is 17.0 Å². The molecule has 0 radical (unpaired) electrons. The Labute approximate surface area is 121 Å². The lowest BCUT2D eigenvalue weighted by Gasteiger charge is -2.09. The maximum atomic E-state index is 13.7. The van der Waals surface area contributed by atoms with Gasteiger partial charge in [0.15, 0.2) is 0 Å². The van der Waals surface area contributed by atoms with Gasteiger partial charge in [-0.1, -0.05) is 36.4 Å². The van der Waals surface area contributed by atoms with Crippen LogP contribution < -0.4 is 5.32 Å². The fourth-order valence-corrected chi connectivity index (χ4v) is 1.93. The Morgan fingerprint density at radius 1 is 1.05 bits per heavy atom. The second kappa shape index (κ2) is 6.65. The van der Waals surface area contributed by atoms with Crippen molar-refractivity contribution in [2.75, 3.05) is 5.32 Å². The van der Waals surface area contributed by atoms with E-state index in [0.717, 1.165) is 11.6 Å². The highest BCUT2D eigenvalue weighted by Gasteiger charge is 2.16. The summed E-state index contributed by atoms with van der Waals surface area (Å²) < 4.78 is 13.7. The Kier molecular flexibility index (Phi) is 4.66. The smallest absolute Gasteiger partial charge is 0.337 e. The van der Waals surface area contributed by atoms with Gasteiger partial charge in [-0.25, -0.2) is 9.18 Å². The van der Waals surface area contributed by atoms with Gasteiger partial charge in [-0.15, -0.1) is 0 Å². The van der Waals surface area contributed by atoms with E-state index in [2.05, 4.69) is 5.32 Å². The van der Waals surface area contributed by atoms with E-state index in [1.807, 2.05) is 30.3 Å². The number of aromatic carboxylic acids is 1. The van der Waals surface area contributed by atoms with Crippen LogP contribution in [0.15, 0.2) is 48.5 Å². The topological polar surface area (TPSA) is 66.4 Å². The lowest BCUT2D eigenvalue weighted by molar-refractivity contribution is -0.116. The molecular formula is C16H14FNO3. The molecule has 0 fully saturated rings. The van der Waals surface area contributed by atoms with Crippen molar-refractivity contribution in [2.45, 2.75) is 12.8 Å². The summed E-state index contributed by atoms with van der Waals surface area (Å²) in [5, 5.41) is 11.3. The number of carboxylic acid groups (broad SMARTS) is 1. The van der Waals surface area contributed by atoms with E-state index in [0.29, 0.717) is 6.42 Å². The first-order valence-electron chi connectivity index (χ1n) is 6.43. The average molecular weight is 287 g/mol. The van der Waals surface area contributed by atoms with Crippen molar-refractivity contribution in [3.05, 3.63) is 65.5 Å². The number of aryl methyl sites for hydroxylation is 1. The van der Waals surface area contributed by atoms with Gasteiger partial charge < -0.3 is 10.4 Å². The molecule has 4 nitrogen and oxygen atoms in total. The molecule has 0 aliphatic carbocycles. The van der Waals surface area contributed by atoms with Crippen molar-refractivity contribution < 1.29 is 19.1 Å². The number of para-hydroxylation sites is 1. The molecule has 5 heteroatoms. The van der Waals surface area contributed by atoms with Gasteiger partial charge in [0, 0.05) is 6.42 Å². The van der Waals surface area contributed by atoms with E-state index in [-0.39, 0.29) is 17.7 Å². The number of nitrogens with one attached hydrogen (secondary N) is 1. The molecule has 0 aromatic heterocycles. The summed E-state index contributed by atoms with van der Waals surface area (Å²) in [5.74, 6) is -2.47. The Hall–Kier alpha value is -2.69. The number of hydrogen-bond acceptors (Lipinski definition) is 2. The summed E-state index contributed by atoms with van der Waals surface area (Å²) in [4.78, 5) is 22.9. The standard InChI is InChI=1S/C16H14FNO3/c17-13-8-4-7-12(16(20)21)15(13)18-14(19)10-9-11-5-2-1-3-6-11/h1-8H,9-10H2,(H,18,19)(H,20,21). The lowest BCUT2D eigenvalue weighted by Crippen LogP contribution is -2.16. The van der Waals surface area contributed by atoms with Gasteiger partial charge in [-0.2, -0.15) is 0 Å². The summed E-state index contributed by atoms with van der Waals surface area (Å²) in [5.41, 5.74) is 0.436. The van der Waals surface area contributed by atoms with Gasteiger partial charge in [0.1, 0.15) is 5.82 Å². The van der Waals surface area contributed by atoms with Gasteiger partial charge in [-0.05, 0) is 24.1 Å². The van der Waals surface area contributed by atoms with E-state index in [1.54, 1.807) is 0 Å². The van der Waals surface area contributed by atoms with Gasteiger partial charge >= 0.3 is 5.97 Å². The molecule has 0 aliphatic heterocycles. The molecule has 0 aliphatic rings. The SMILES string of the molecule is O=C(CCc1ccccc1)Nc1c(F)cccc1C(=O)O. The second-order valence-electron chi connectivity index (χ2n) is 4.50. The number of carboxylic acids is 1. The largest absolute Gasteiger partial charge is 0.478 e. The molecule has 1 amide bonds. The Bertz CT molecular complexity index is 656. The molecule has 2 aromatic carbocycles. The van der Waals surface area contributed by atoms with Crippen molar-refractivity contribution in [3.8, 4) is 0 Å². The minimum absolute atomic E-state index is 0.150. The van der Waals surface area contributed by atoms with E-state index < -0.39 is 17.7 Å². The number of hydrogen-bond donors (Lipinski definition) is 2. The highest BCUT2D eigenvalue weighted by atomic mass is 19.1. The van der Waals surface area contributed by atoms with Crippen molar-refractivity contribution in [1.29, 1.82) is 0 Å². The fraction of sp³-hybridized carbons (Fsp3) is 0.125. The zero-order valence-electron chi connectivity index (χ0n) is 11.2. The third kappa shape index (κ3) is 3.89. The summed E-state index contributed by atoms with van der Waals surface area (Å²) in [6, 6.07) is 13.0. The van der Waals surface area contributed by atoms with E-state index in [1.165, 1.54) is 12.1 Å². The number of amides is 1. The zero-order valence-corrected chi connectivity index (χ0v) is 11.2. The summed E-state index contributed by atoms with van der Waals surface area (Å²) in [6.07, 6.45) is 0.654. The van der Waals surface area contributed by atoms with Gasteiger partial charge in [0.25, 0.3) is 0 Å². The summed E-state index contributed by atoms with van der Waals surface area (Å²) in [7, 11) is 0. The Morgan fingerprint density at radius 3 is 2.43 bits per heavy atom. The molecule has 0 bridgehead atoms. The first-order valence-corrected chi connectivity index (χ1v) is 6.43. The molecule has 0 spiro atoms. The van der Waals surface area contributed by atoms with Crippen LogP contribution in [0.1, 0.15) is 22.3 Å². The molecule has 21 heavy (non-hydrogen) atoms. The predicted molar refractivity (Wildman–Crippen MR) is 76.8 cm³/mol. The monoisotopic (exact) mass is 287 g/mol. The molecule has 2 rings (SSSR count). The predicted octanol–water partition coefficient (Wildman–Crippen LogP) is 3.10. The first kappa shape index (κ1) is 14.7. The van der Waals surface area contributed by atoms with Crippen molar-refractivity contribution in [3.63, 3.8) is 0 Å². The third-order valence-electron chi connectivity index (χ3n) is 2.99. The molecular weight excluding hydrogens is 273 g/mol. The van der Waals surface area contributed by atoms with E-state index >= 15 is 0 Å². The van der Waals surface area contributed by atoms with Crippen LogP contribution in [0, 0.1) is 5.82 Å². The fourth-order valence-electron chi connectivity index (χ4n) is 1.93. The lowest BCUT2D eigenvalue weighted by atomic mass is 10.1. The number of anilines is 1. The Balaban J connectivity index is 2.05. The number of rotatable bonds is 5. The first-order chi connectivity index (χ1) is 10.1. The molecule has 0 atom stereocenters. The normalized spacial score (nSPS) is 10.1. The van der Waals surface area contributed by atoms with Crippen LogP contribution in [0.2, 0.25) is 0 Å². The van der Waals surface area contributed by atoms with Crippen molar-refractivity contribution in [1.82, 2.24) is 0 Å².